The van der Waals surface area contributed by atoms with E-state index in [1.165, 1.54) is 0 Å². The van der Waals surface area contributed by atoms with Crippen LogP contribution >= 0.6 is 0 Å². The highest BCUT2D eigenvalue weighted by molar-refractivity contribution is 5.87. The van der Waals surface area contributed by atoms with Gasteiger partial charge in [-0.3, -0.25) is 9.59 Å². The van der Waals surface area contributed by atoms with Gasteiger partial charge in [-0.2, -0.15) is 13.2 Å². The second kappa shape index (κ2) is 9.97. The number of carbonyl (C=O) groups is 3. The third-order valence-corrected chi connectivity index (χ3v) is 6.57. The van der Waals surface area contributed by atoms with Gasteiger partial charge in [-0.05, 0) is 41.5 Å². The van der Waals surface area contributed by atoms with Crippen molar-refractivity contribution in [3.05, 3.63) is 59.7 Å². The molecule has 2 aromatic carbocycles. The van der Waals surface area contributed by atoms with E-state index >= 15 is 0 Å². The number of aliphatic carboxylic acids is 1. The van der Waals surface area contributed by atoms with Crippen molar-refractivity contribution < 1.29 is 37.4 Å². The normalized spacial score (nSPS) is 20.3. The average molecular weight is 490 g/mol. The molecule has 3 N–H and O–H groups in total. The molecule has 0 radical (unpaired) electrons. The highest BCUT2D eigenvalue weighted by Crippen LogP contribution is 2.44. The Morgan fingerprint density at radius 2 is 1.60 bits per heavy atom. The predicted molar refractivity (Wildman–Crippen MR) is 120 cm³/mol. The van der Waals surface area contributed by atoms with Gasteiger partial charge in [-0.1, -0.05) is 55.0 Å². The number of alkyl carbamates (subject to hydrolysis) is 1. The number of alkyl halides is 3. The maximum absolute atomic E-state index is 13.6. The Balaban J connectivity index is 1.40. The van der Waals surface area contributed by atoms with Crippen molar-refractivity contribution in [2.45, 2.75) is 49.9 Å². The number of ether oxygens (including phenoxy) is 1. The van der Waals surface area contributed by atoms with Crippen molar-refractivity contribution in [3.8, 4) is 11.1 Å². The first-order chi connectivity index (χ1) is 16.6. The van der Waals surface area contributed by atoms with Gasteiger partial charge in [0, 0.05) is 12.0 Å². The number of amides is 2. The summed E-state index contributed by atoms with van der Waals surface area (Å²) in [5, 5.41) is 13.0. The van der Waals surface area contributed by atoms with Crippen molar-refractivity contribution in [1.29, 1.82) is 0 Å². The summed E-state index contributed by atoms with van der Waals surface area (Å²) in [6.45, 7) is -0.199. The Morgan fingerprint density at radius 1 is 1.00 bits per heavy atom. The molecule has 3 atom stereocenters. The standard InChI is InChI=1S/C25H25F3N2O5/c26-25(27,28)21(22(31)29-15-7-5-6-14(12-15)23(32)33)30-24(34)35-13-20-18-10-3-1-8-16(18)17-9-2-4-11-19(17)20/h1-4,8-11,14-15,20-21H,5-7,12-13H2,(H,29,31)(H,30,34)(H,32,33)/t14-,15-,21?/m1/s1. The fourth-order valence-electron chi connectivity index (χ4n) is 4.88. The Labute approximate surface area is 199 Å². The summed E-state index contributed by atoms with van der Waals surface area (Å²) in [5.41, 5.74) is 3.74. The fourth-order valence-corrected chi connectivity index (χ4v) is 4.88. The zero-order valence-electron chi connectivity index (χ0n) is 18.7. The van der Waals surface area contributed by atoms with Gasteiger partial charge in [-0.15, -0.1) is 0 Å². The molecule has 0 spiro atoms. The Morgan fingerprint density at radius 3 is 2.17 bits per heavy atom. The van der Waals surface area contributed by atoms with E-state index in [0.29, 0.717) is 19.3 Å². The second-order valence-corrected chi connectivity index (χ2v) is 8.85. The average Bonchev–Trinajstić information content (AvgIpc) is 3.14. The van der Waals surface area contributed by atoms with Gasteiger partial charge < -0.3 is 20.5 Å². The number of benzene rings is 2. The van der Waals surface area contributed by atoms with Crippen LogP contribution in [0.15, 0.2) is 48.5 Å². The van der Waals surface area contributed by atoms with Gasteiger partial charge in [0.1, 0.15) is 6.61 Å². The number of carboxylic acid groups (broad SMARTS) is 1. The molecular formula is C25H25F3N2O5. The Hall–Kier alpha value is -3.56. The van der Waals surface area contributed by atoms with Crippen LogP contribution in [0, 0.1) is 5.92 Å². The van der Waals surface area contributed by atoms with Crippen LogP contribution in [-0.2, 0) is 14.3 Å². The van der Waals surface area contributed by atoms with Crippen LogP contribution in [0.4, 0.5) is 18.0 Å². The highest BCUT2D eigenvalue weighted by atomic mass is 19.4. The molecule has 0 aromatic heterocycles. The van der Waals surface area contributed by atoms with Crippen LogP contribution in [0.5, 0.6) is 0 Å². The molecule has 0 heterocycles. The second-order valence-electron chi connectivity index (χ2n) is 8.85. The van der Waals surface area contributed by atoms with E-state index < -0.39 is 42.1 Å². The number of rotatable bonds is 6. The molecule has 2 aromatic rings. The van der Waals surface area contributed by atoms with E-state index in [2.05, 4.69) is 5.32 Å². The number of fused-ring (bicyclic) bond motifs is 3. The van der Waals surface area contributed by atoms with Gasteiger partial charge >= 0.3 is 18.2 Å². The Kier molecular flexibility index (Phi) is 7.00. The summed E-state index contributed by atoms with van der Waals surface area (Å²) in [6, 6.07) is 11.5. The molecule has 1 fully saturated rings. The van der Waals surface area contributed by atoms with E-state index in [-0.39, 0.29) is 18.9 Å². The van der Waals surface area contributed by atoms with E-state index in [4.69, 9.17) is 9.84 Å². The number of halogens is 3. The lowest BCUT2D eigenvalue weighted by Crippen LogP contribution is -2.57. The Bertz CT molecular complexity index is 1070. The minimum absolute atomic E-state index is 0.0383. The molecule has 35 heavy (non-hydrogen) atoms. The molecule has 0 aliphatic heterocycles. The summed E-state index contributed by atoms with van der Waals surface area (Å²) < 4.78 is 45.9. The SMILES string of the molecule is O=C(NC(C(=O)N[C@@H]1CCC[C@@H](C(=O)O)C1)C(F)(F)F)OCC1c2ccccc2-c2ccccc21. The molecule has 1 unspecified atom stereocenters. The van der Waals surface area contributed by atoms with Gasteiger partial charge in [0.05, 0.1) is 5.92 Å². The quantitative estimate of drug-likeness (QED) is 0.563. The van der Waals surface area contributed by atoms with Crippen molar-refractivity contribution in [2.75, 3.05) is 6.61 Å². The molecule has 10 heteroatoms. The third-order valence-electron chi connectivity index (χ3n) is 6.57. The first-order valence-electron chi connectivity index (χ1n) is 11.4. The van der Waals surface area contributed by atoms with Crippen molar-refractivity contribution in [1.82, 2.24) is 10.6 Å². The largest absolute Gasteiger partial charge is 0.481 e. The molecule has 186 valence electrons. The zero-order chi connectivity index (χ0) is 25.2. The molecule has 2 aliphatic carbocycles. The summed E-state index contributed by atoms with van der Waals surface area (Å²) in [6.07, 6.45) is -5.14. The lowest BCUT2D eigenvalue weighted by molar-refractivity contribution is -0.168. The molecule has 0 bridgehead atoms. The third kappa shape index (κ3) is 5.41. The summed E-state index contributed by atoms with van der Waals surface area (Å²) in [7, 11) is 0. The predicted octanol–water partition coefficient (Wildman–Crippen LogP) is 4.22. The smallest absolute Gasteiger partial charge is 0.417 e. The number of hydrogen-bond acceptors (Lipinski definition) is 4. The van der Waals surface area contributed by atoms with Crippen LogP contribution in [0.25, 0.3) is 11.1 Å². The summed E-state index contributed by atoms with van der Waals surface area (Å²) in [5.74, 6) is -3.56. The van der Waals surface area contributed by atoms with E-state index in [1.807, 2.05) is 48.5 Å². The number of carboxylic acids is 1. The molecule has 0 saturated heterocycles. The highest BCUT2D eigenvalue weighted by Gasteiger charge is 2.47. The topological polar surface area (TPSA) is 105 Å². The summed E-state index contributed by atoms with van der Waals surface area (Å²) in [4.78, 5) is 35.9. The van der Waals surface area contributed by atoms with Crippen molar-refractivity contribution >= 4 is 18.0 Å². The minimum Gasteiger partial charge on any atom is -0.481 e. The van der Waals surface area contributed by atoms with E-state index in [9.17, 15) is 27.6 Å². The minimum atomic E-state index is -5.06. The van der Waals surface area contributed by atoms with Crippen LogP contribution in [-0.4, -0.2) is 47.9 Å². The lowest BCUT2D eigenvalue weighted by Gasteiger charge is -2.29. The fraction of sp³-hybridized carbons (Fsp3) is 0.400. The van der Waals surface area contributed by atoms with Crippen LogP contribution in [0.1, 0.15) is 42.7 Å². The number of nitrogens with one attached hydrogen (secondary N) is 2. The van der Waals surface area contributed by atoms with E-state index in [0.717, 1.165) is 22.3 Å². The van der Waals surface area contributed by atoms with Gasteiger partial charge in [0.25, 0.3) is 5.91 Å². The van der Waals surface area contributed by atoms with Crippen LogP contribution in [0.3, 0.4) is 0 Å². The monoisotopic (exact) mass is 490 g/mol. The maximum atomic E-state index is 13.6. The van der Waals surface area contributed by atoms with Crippen LogP contribution < -0.4 is 10.6 Å². The maximum Gasteiger partial charge on any atom is 0.417 e. The number of carbonyl (C=O) groups excluding carboxylic acids is 2. The molecule has 7 nitrogen and oxygen atoms in total. The first-order valence-corrected chi connectivity index (χ1v) is 11.4. The van der Waals surface area contributed by atoms with Gasteiger partial charge in [0.15, 0.2) is 0 Å². The molecule has 1 saturated carbocycles. The van der Waals surface area contributed by atoms with Gasteiger partial charge in [-0.25, -0.2) is 4.79 Å². The van der Waals surface area contributed by atoms with Crippen molar-refractivity contribution in [3.63, 3.8) is 0 Å². The molecular weight excluding hydrogens is 465 g/mol. The number of hydrogen-bond donors (Lipinski definition) is 3. The zero-order valence-corrected chi connectivity index (χ0v) is 18.7. The first kappa shape index (κ1) is 24.6. The van der Waals surface area contributed by atoms with Crippen LogP contribution in [0.2, 0.25) is 0 Å². The molecule has 2 amide bonds. The summed E-state index contributed by atoms with van der Waals surface area (Å²) >= 11 is 0. The van der Waals surface area contributed by atoms with Gasteiger partial charge in [0.2, 0.25) is 6.04 Å². The van der Waals surface area contributed by atoms with Crippen molar-refractivity contribution in [2.24, 2.45) is 5.92 Å². The van der Waals surface area contributed by atoms with E-state index in [1.54, 1.807) is 5.32 Å². The molecule has 2 aliphatic rings. The lowest BCUT2D eigenvalue weighted by atomic mass is 9.85. The molecule has 4 rings (SSSR count).